The summed E-state index contributed by atoms with van der Waals surface area (Å²) in [5, 5.41) is 2.85. The zero-order chi connectivity index (χ0) is 19.3. The van der Waals surface area contributed by atoms with Crippen molar-refractivity contribution in [3.8, 4) is 5.75 Å². The number of likely N-dealkylation sites (tertiary alicyclic amines) is 1. The Hall–Kier alpha value is -1.68. The van der Waals surface area contributed by atoms with Crippen LogP contribution in [0.1, 0.15) is 19.8 Å². The standard InChI is InChI=1S/C18H27N3O5S/c1-2-26-17-6-5-15(27(23,24)21-9-11-25-12-10-21)13-16(17)19-18(22)14-20-7-3-4-8-20/h5-6,13H,2-4,7-12,14H2,1H3,(H,19,22)/p+1. The Morgan fingerprint density at radius 2 is 1.96 bits per heavy atom. The lowest BCUT2D eigenvalue weighted by Gasteiger charge is -2.26. The summed E-state index contributed by atoms with van der Waals surface area (Å²) in [4.78, 5) is 13.8. The first-order valence-corrected chi connectivity index (χ1v) is 10.9. The number of sulfonamides is 1. The first kappa shape index (κ1) is 20.1. The van der Waals surface area contributed by atoms with Crippen LogP contribution in [-0.4, -0.2) is 71.2 Å². The number of nitrogens with zero attached hydrogens (tertiary/aromatic N) is 1. The summed E-state index contributed by atoms with van der Waals surface area (Å²) < 4.78 is 38.0. The first-order valence-electron chi connectivity index (χ1n) is 9.49. The third-order valence-electron chi connectivity index (χ3n) is 4.85. The van der Waals surface area contributed by atoms with Crippen LogP contribution in [0.2, 0.25) is 0 Å². The number of carbonyl (C=O) groups is 1. The zero-order valence-electron chi connectivity index (χ0n) is 15.7. The van der Waals surface area contributed by atoms with Crippen LogP contribution in [0.4, 0.5) is 5.69 Å². The predicted molar refractivity (Wildman–Crippen MR) is 101 cm³/mol. The highest BCUT2D eigenvalue weighted by Gasteiger charge is 2.27. The van der Waals surface area contributed by atoms with Crippen LogP contribution in [0, 0.1) is 0 Å². The predicted octanol–water partition coefficient (Wildman–Crippen LogP) is -0.277. The molecule has 8 nitrogen and oxygen atoms in total. The van der Waals surface area contributed by atoms with Crippen molar-refractivity contribution in [2.24, 2.45) is 0 Å². The molecule has 9 heteroatoms. The number of rotatable bonds is 7. The second kappa shape index (κ2) is 9.01. The van der Waals surface area contributed by atoms with Gasteiger partial charge in [0.2, 0.25) is 10.0 Å². The molecule has 0 aliphatic carbocycles. The number of benzene rings is 1. The summed E-state index contributed by atoms with van der Waals surface area (Å²) in [7, 11) is -3.63. The van der Waals surface area contributed by atoms with Crippen LogP contribution in [0.3, 0.4) is 0 Å². The van der Waals surface area contributed by atoms with Crippen molar-refractivity contribution in [1.29, 1.82) is 0 Å². The molecule has 2 heterocycles. The molecule has 0 unspecified atom stereocenters. The second-order valence-electron chi connectivity index (χ2n) is 6.79. The highest BCUT2D eigenvalue weighted by molar-refractivity contribution is 7.89. The Morgan fingerprint density at radius 1 is 1.26 bits per heavy atom. The van der Waals surface area contributed by atoms with E-state index in [-0.39, 0.29) is 10.8 Å². The molecule has 1 aromatic rings. The molecule has 1 aromatic carbocycles. The maximum absolute atomic E-state index is 12.9. The molecule has 0 radical (unpaired) electrons. The molecule has 3 rings (SSSR count). The van der Waals surface area contributed by atoms with Crippen molar-refractivity contribution in [3.05, 3.63) is 18.2 Å². The molecule has 0 spiro atoms. The Kier molecular flexibility index (Phi) is 6.69. The number of quaternary nitrogens is 1. The molecule has 0 aromatic heterocycles. The van der Waals surface area contributed by atoms with E-state index in [1.165, 1.54) is 21.3 Å². The largest absolute Gasteiger partial charge is 0.492 e. The fraction of sp³-hybridized carbons (Fsp3) is 0.611. The van der Waals surface area contributed by atoms with Crippen molar-refractivity contribution in [3.63, 3.8) is 0 Å². The summed E-state index contributed by atoms with van der Waals surface area (Å²) >= 11 is 0. The fourth-order valence-corrected chi connectivity index (χ4v) is 4.89. The monoisotopic (exact) mass is 398 g/mol. The number of hydrogen-bond donors (Lipinski definition) is 2. The smallest absolute Gasteiger partial charge is 0.279 e. The van der Waals surface area contributed by atoms with E-state index in [9.17, 15) is 13.2 Å². The summed E-state index contributed by atoms with van der Waals surface area (Å²) in [6.07, 6.45) is 2.28. The number of anilines is 1. The lowest BCUT2D eigenvalue weighted by atomic mass is 10.3. The molecule has 27 heavy (non-hydrogen) atoms. The topological polar surface area (TPSA) is 89.4 Å². The van der Waals surface area contributed by atoms with E-state index in [1.54, 1.807) is 6.07 Å². The maximum atomic E-state index is 12.9. The second-order valence-corrected chi connectivity index (χ2v) is 8.73. The third kappa shape index (κ3) is 4.98. The minimum absolute atomic E-state index is 0.131. The lowest BCUT2D eigenvalue weighted by molar-refractivity contribution is -0.878. The van der Waals surface area contributed by atoms with Crippen LogP contribution in [0.5, 0.6) is 5.75 Å². The first-order chi connectivity index (χ1) is 13.0. The molecule has 2 aliphatic rings. The molecular weight excluding hydrogens is 370 g/mol. The van der Waals surface area contributed by atoms with Crippen LogP contribution in [0.15, 0.2) is 23.1 Å². The van der Waals surface area contributed by atoms with E-state index < -0.39 is 10.0 Å². The van der Waals surface area contributed by atoms with E-state index in [1.807, 2.05) is 6.92 Å². The zero-order valence-corrected chi connectivity index (χ0v) is 16.5. The number of amides is 1. The SMILES string of the molecule is CCOc1ccc(S(=O)(=O)N2CCOCC2)cc1NC(=O)C[NH+]1CCCC1. The van der Waals surface area contributed by atoms with Gasteiger partial charge < -0.3 is 19.7 Å². The Morgan fingerprint density at radius 3 is 2.63 bits per heavy atom. The Labute approximate surface area is 160 Å². The van der Waals surface area contributed by atoms with Crippen molar-refractivity contribution < 1.29 is 27.6 Å². The molecule has 1 amide bonds. The molecule has 0 atom stereocenters. The van der Waals surface area contributed by atoms with Gasteiger partial charge in [0.05, 0.1) is 43.5 Å². The van der Waals surface area contributed by atoms with Crippen molar-refractivity contribution >= 4 is 21.6 Å². The van der Waals surface area contributed by atoms with Crippen LogP contribution in [-0.2, 0) is 19.6 Å². The molecular formula is C18H28N3O5S+. The number of nitrogens with one attached hydrogen (secondary N) is 2. The molecule has 2 aliphatic heterocycles. The van der Waals surface area contributed by atoms with Crippen molar-refractivity contribution in [1.82, 2.24) is 4.31 Å². The number of carbonyl (C=O) groups excluding carboxylic acids is 1. The summed E-state index contributed by atoms with van der Waals surface area (Å²) in [5.41, 5.74) is 0.398. The van der Waals surface area contributed by atoms with Crippen LogP contribution < -0.4 is 15.0 Å². The van der Waals surface area contributed by atoms with Crippen molar-refractivity contribution in [2.45, 2.75) is 24.7 Å². The minimum Gasteiger partial charge on any atom is -0.492 e. The van der Waals surface area contributed by atoms with E-state index >= 15 is 0 Å². The Balaban J connectivity index is 1.80. The quantitative estimate of drug-likeness (QED) is 0.660. The highest BCUT2D eigenvalue weighted by Crippen LogP contribution is 2.29. The van der Waals surface area contributed by atoms with Crippen LogP contribution >= 0.6 is 0 Å². The average Bonchev–Trinajstić information content (AvgIpc) is 3.17. The molecule has 0 bridgehead atoms. The Bertz CT molecular complexity index is 756. The van der Waals surface area contributed by atoms with Gasteiger partial charge in [-0.1, -0.05) is 0 Å². The maximum Gasteiger partial charge on any atom is 0.279 e. The van der Waals surface area contributed by atoms with Crippen molar-refractivity contribution in [2.75, 3.05) is 57.9 Å². The molecule has 2 saturated heterocycles. The van der Waals surface area contributed by atoms with E-state index in [0.29, 0.717) is 50.9 Å². The van der Waals surface area contributed by atoms with Gasteiger partial charge in [-0.3, -0.25) is 4.79 Å². The number of morpholine rings is 1. The van der Waals surface area contributed by atoms with Gasteiger partial charge in [0.25, 0.3) is 5.91 Å². The number of ether oxygens (including phenoxy) is 2. The summed E-state index contributed by atoms with van der Waals surface area (Å²) in [6.45, 7) is 6.08. The summed E-state index contributed by atoms with van der Waals surface area (Å²) in [5.74, 6) is 0.344. The average molecular weight is 399 g/mol. The van der Waals surface area contributed by atoms with Gasteiger partial charge >= 0.3 is 0 Å². The van der Waals surface area contributed by atoms with Gasteiger partial charge in [0.1, 0.15) is 5.75 Å². The van der Waals surface area contributed by atoms with E-state index in [2.05, 4.69) is 5.32 Å². The molecule has 150 valence electrons. The highest BCUT2D eigenvalue weighted by atomic mass is 32.2. The van der Waals surface area contributed by atoms with Gasteiger partial charge in [-0.15, -0.1) is 0 Å². The van der Waals surface area contributed by atoms with Gasteiger partial charge in [-0.2, -0.15) is 4.31 Å². The van der Waals surface area contributed by atoms with Gasteiger partial charge in [0.15, 0.2) is 6.54 Å². The minimum atomic E-state index is -3.63. The third-order valence-corrected chi connectivity index (χ3v) is 6.75. The fourth-order valence-electron chi connectivity index (χ4n) is 3.46. The summed E-state index contributed by atoms with van der Waals surface area (Å²) in [6, 6.07) is 4.62. The van der Waals surface area contributed by atoms with Gasteiger partial charge in [-0.25, -0.2) is 8.42 Å². The normalized spacial score (nSPS) is 19.1. The van der Waals surface area contributed by atoms with E-state index in [0.717, 1.165) is 25.9 Å². The van der Waals surface area contributed by atoms with Crippen LogP contribution in [0.25, 0.3) is 0 Å². The number of hydrogen-bond acceptors (Lipinski definition) is 5. The molecule has 2 N–H and O–H groups in total. The van der Waals surface area contributed by atoms with Gasteiger partial charge in [0, 0.05) is 25.9 Å². The van der Waals surface area contributed by atoms with E-state index in [4.69, 9.17) is 9.47 Å². The molecule has 0 saturated carbocycles. The lowest BCUT2D eigenvalue weighted by Crippen LogP contribution is -3.11. The van der Waals surface area contributed by atoms with Gasteiger partial charge in [-0.05, 0) is 25.1 Å². The molecule has 2 fully saturated rings.